The van der Waals surface area contributed by atoms with Crippen LogP contribution in [0.15, 0.2) is 72.3 Å². The molecule has 194 valence electrons. The summed E-state index contributed by atoms with van der Waals surface area (Å²) in [5.41, 5.74) is 2.19. The number of Topliss-reactive ketones (excluding diaryl/α,β-unsaturated/α-hetero) is 1. The molecule has 9 nitrogen and oxygen atoms in total. The normalized spacial score (nSPS) is 16.7. The molecular weight excluding hydrogens is 486 g/mol. The van der Waals surface area contributed by atoms with Crippen molar-refractivity contribution in [2.75, 3.05) is 25.7 Å². The molecule has 2 N–H and O–H groups in total. The van der Waals surface area contributed by atoms with Crippen LogP contribution in [0.1, 0.15) is 30.5 Å². The molecule has 1 amide bonds. The summed E-state index contributed by atoms with van der Waals surface area (Å²) in [4.78, 5) is 35.9. The molecule has 4 aromatic rings. The maximum absolute atomic E-state index is 13.5. The van der Waals surface area contributed by atoms with E-state index in [1.165, 1.54) is 19.1 Å². The van der Waals surface area contributed by atoms with Gasteiger partial charge in [0.2, 0.25) is 5.95 Å². The third kappa shape index (κ3) is 4.32. The molecule has 1 atom stereocenters. The van der Waals surface area contributed by atoms with Crippen LogP contribution in [0.2, 0.25) is 0 Å². The number of aliphatic hydroxyl groups is 1. The monoisotopic (exact) mass is 513 g/mol. The first kappa shape index (κ1) is 24.9. The highest BCUT2D eigenvalue weighted by molar-refractivity contribution is 6.51. The number of hydrogen-bond donors (Lipinski definition) is 2. The summed E-state index contributed by atoms with van der Waals surface area (Å²) in [6.45, 7) is 2.57. The van der Waals surface area contributed by atoms with E-state index < -0.39 is 17.7 Å². The number of aromatic nitrogens is 2. The largest absolute Gasteiger partial charge is 0.507 e. The van der Waals surface area contributed by atoms with Crippen LogP contribution in [-0.2, 0) is 9.59 Å². The van der Waals surface area contributed by atoms with Crippen molar-refractivity contribution in [2.24, 2.45) is 0 Å². The molecular formula is C29H27N3O6. The average Bonchev–Trinajstić information content (AvgIpc) is 3.49. The summed E-state index contributed by atoms with van der Waals surface area (Å²) in [6.07, 6.45) is 0.859. The van der Waals surface area contributed by atoms with Crippen molar-refractivity contribution >= 4 is 34.4 Å². The van der Waals surface area contributed by atoms with E-state index in [2.05, 4.69) is 9.97 Å². The first-order valence-corrected chi connectivity index (χ1v) is 12.2. The quantitative estimate of drug-likeness (QED) is 0.194. The number of aliphatic hydroxyl groups excluding tert-OH is 1. The zero-order valence-corrected chi connectivity index (χ0v) is 21.2. The lowest BCUT2D eigenvalue weighted by Crippen LogP contribution is -2.30. The van der Waals surface area contributed by atoms with E-state index in [4.69, 9.17) is 14.2 Å². The molecule has 1 aromatic heterocycles. The number of carbonyl (C=O) groups is 2. The van der Waals surface area contributed by atoms with Crippen LogP contribution in [0.3, 0.4) is 0 Å². The van der Waals surface area contributed by atoms with Gasteiger partial charge in [0.15, 0.2) is 11.5 Å². The number of para-hydroxylation sites is 2. The van der Waals surface area contributed by atoms with Crippen LogP contribution < -0.4 is 19.1 Å². The van der Waals surface area contributed by atoms with E-state index in [9.17, 15) is 14.7 Å². The molecule has 9 heteroatoms. The second-order valence-electron chi connectivity index (χ2n) is 8.73. The van der Waals surface area contributed by atoms with Crippen LogP contribution >= 0.6 is 0 Å². The Morgan fingerprint density at radius 1 is 1.00 bits per heavy atom. The number of nitrogens with one attached hydrogen (secondary N) is 1. The van der Waals surface area contributed by atoms with Gasteiger partial charge in [-0.05, 0) is 60.5 Å². The number of anilines is 1. The minimum Gasteiger partial charge on any atom is -0.507 e. The van der Waals surface area contributed by atoms with Gasteiger partial charge in [0.05, 0.1) is 43.5 Å². The molecule has 5 rings (SSSR count). The zero-order chi connectivity index (χ0) is 26.8. The number of imidazole rings is 1. The van der Waals surface area contributed by atoms with Gasteiger partial charge >= 0.3 is 5.91 Å². The third-order valence-corrected chi connectivity index (χ3v) is 6.37. The van der Waals surface area contributed by atoms with Gasteiger partial charge in [0, 0.05) is 5.56 Å². The van der Waals surface area contributed by atoms with E-state index in [0.717, 1.165) is 6.42 Å². The third-order valence-electron chi connectivity index (χ3n) is 6.37. The van der Waals surface area contributed by atoms with Crippen molar-refractivity contribution in [3.05, 3.63) is 83.4 Å². The molecule has 1 unspecified atom stereocenters. The van der Waals surface area contributed by atoms with E-state index in [-0.39, 0.29) is 17.3 Å². The number of benzene rings is 3. The van der Waals surface area contributed by atoms with Crippen LogP contribution in [0.4, 0.5) is 5.95 Å². The Kier molecular flexibility index (Phi) is 6.74. The molecule has 1 aliphatic heterocycles. The SMILES string of the molecule is CCCOc1ccc(/C(O)=C2\C(=O)C(=O)N(c3nc4ccccc4[nH]3)C2c2ccc(OC)c(OC)c2)cc1. The lowest BCUT2D eigenvalue weighted by molar-refractivity contribution is -0.132. The fraction of sp³-hybridized carbons (Fsp3) is 0.207. The number of H-pyrrole nitrogens is 1. The Balaban J connectivity index is 1.68. The topological polar surface area (TPSA) is 114 Å². The number of carbonyl (C=O) groups excluding carboxylic acids is 2. The maximum Gasteiger partial charge on any atom is 0.302 e. The fourth-order valence-electron chi connectivity index (χ4n) is 4.53. The lowest BCUT2D eigenvalue weighted by Gasteiger charge is -2.24. The number of methoxy groups -OCH3 is 2. The molecule has 0 radical (unpaired) electrons. The lowest BCUT2D eigenvalue weighted by atomic mass is 9.95. The number of amides is 1. The van der Waals surface area contributed by atoms with Crippen molar-refractivity contribution in [3.8, 4) is 17.2 Å². The second kappa shape index (κ2) is 10.3. The van der Waals surface area contributed by atoms with Gasteiger partial charge in [-0.3, -0.25) is 14.5 Å². The summed E-state index contributed by atoms with van der Waals surface area (Å²) < 4.78 is 16.5. The maximum atomic E-state index is 13.5. The number of aromatic amines is 1. The molecule has 1 aliphatic rings. The van der Waals surface area contributed by atoms with Crippen LogP contribution in [0.25, 0.3) is 16.8 Å². The Labute approximate surface area is 219 Å². The van der Waals surface area contributed by atoms with Crippen molar-refractivity contribution in [2.45, 2.75) is 19.4 Å². The van der Waals surface area contributed by atoms with Gasteiger partial charge in [-0.2, -0.15) is 0 Å². The van der Waals surface area contributed by atoms with Crippen molar-refractivity contribution in [1.29, 1.82) is 0 Å². The Hall–Kier alpha value is -4.79. The smallest absolute Gasteiger partial charge is 0.302 e. The first-order chi connectivity index (χ1) is 18.5. The number of rotatable bonds is 8. The average molecular weight is 514 g/mol. The van der Waals surface area contributed by atoms with Gasteiger partial charge in [0.25, 0.3) is 5.78 Å². The summed E-state index contributed by atoms with van der Waals surface area (Å²) in [6, 6.07) is 18.2. The molecule has 2 heterocycles. The van der Waals surface area contributed by atoms with Crippen molar-refractivity contribution < 1.29 is 28.9 Å². The van der Waals surface area contributed by atoms with Gasteiger partial charge < -0.3 is 24.3 Å². The Morgan fingerprint density at radius 2 is 1.74 bits per heavy atom. The Bertz CT molecular complexity index is 1510. The highest BCUT2D eigenvalue weighted by Gasteiger charge is 2.48. The molecule has 0 spiro atoms. The van der Waals surface area contributed by atoms with Crippen LogP contribution in [0, 0.1) is 0 Å². The minimum atomic E-state index is -0.980. The van der Waals surface area contributed by atoms with E-state index >= 15 is 0 Å². The van der Waals surface area contributed by atoms with Gasteiger partial charge in [0.1, 0.15) is 11.5 Å². The Morgan fingerprint density at radius 3 is 2.42 bits per heavy atom. The van der Waals surface area contributed by atoms with Gasteiger partial charge in [-0.1, -0.05) is 25.1 Å². The fourth-order valence-corrected chi connectivity index (χ4v) is 4.53. The number of ketones is 1. The molecule has 1 saturated heterocycles. The zero-order valence-electron chi connectivity index (χ0n) is 21.2. The van der Waals surface area contributed by atoms with E-state index in [1.807, 2.05) is 25.1 Å². The number of fused-ring (bicyclic) bond motifs is 1. The number of hydrogen-bond acceptors (Lipinski definition) is 7. The molecule has 3 aromatic carbocycles. The van der Waals surface area contributed by atoms with Gasteiger partial charge in [-0.15, -0.1) is 0 Å². The molecule has 0 aliphatic carbocycles. The highest BCUT2D eigenvalue weighted by Crippen LogP contribution is 2.43. The molecule has 1 fully saturated rings. The molecule has 0 saturated carbocycles. The van der Waals surface area contributed by atoms with Gasteiger partial charge in [-0.25, -0.2) is 4.98 Å². The van der Waals surface area contributed by atoms with Crippen molar-refractivity contribution in [1.82, 2.24) is 9.97 Å². The highest BCUT2D eigenvalue weighted by atomic mass is 16.5. The summed E-state index contributed by atoms with van der Waals surface area (Å²) in [5, 5.41) is 11.4. The predicted octanol–water partition coefficient (Wildman–Crippen LogP) is 5.00. The van der Waals surface area contributed by atoms with Crippen molar-refractivity contribution in [3.63, 3.8) is 0 Å². The summed E-state index contributed by atoms with van der Waals surface area (Å²) >= 11 is 0. The first-order valence-electron chi connectivity index (χ1n) is 12.2. The molecule has 38 heavy (non-hydrogen) atoms. The number of ether oxygens (including phenoxy) is 3. The predicted molar refractivity (Wildman–Crippen MR) is 143 cm³/mol. The summed E-state index contributed by atoms with van der Waals surface area (Å²) in [5.74, 6) is -0.207. The number of nitrogens with zero attached hydrogens (tertiary/aromatic N) is 2. The van der Waals surface area contributed by atoms with Crippen LogP contribution in [-0.4, -0.2) is 47.6 Å². The van der Waals surface area contributed by atoms with E-state index in [0.29, 0.717) is 46.0 Å². The van der Waals surface area contributed by atoms with Crippen LogP contribution in [0.5, 0.6) is 17.2 Å². The standard InChI is InChI=1S/C29H27N3O6/c1-4-15-38-19-12-9-17(10-13-19)26(33)24-25(18-11-14-22(36-2)23(16-18)37-3)32(28(35)27(24)34)29-30-20-7-5-6-8-21(20)31-29/h5-14,16,25,33H,4,15H2,1-3H3,(H,30,31)/b26-24+. The second-order valence-corrected chi connectivity index (χ2v) is 8.73. The molecule has 0 bridgehead atoms. The minimum absolute atomic E-state index is 0.0649. The summed E-state index contributed by atoms with van der Waals surface area (Å²) in [7, 11) is 3.02. The van der Waals surface area contributed by atoms with E-state index in [1.54, 1.807) is 48.5 Å².